The zero-order chi connectivity index (χ0) is 17.2. The molecule has 0 bridgehead atoms. The number of piperazine rings is 1. The fourth-order valence-corrected chi connectivity index (χ4v) is 3.53. The molecule has 1 aliphatic heterocycles. The lowest BCUT2D eigenvalue weighted by atomic mass is 10.1. The second-order valence-corrected chi connectivity index (χ2v) is 6.54. The molecule has 0 spiro atoms. The third-order valence-electron chi connectivity index (χ3n) is 5.12. The monoisotopic (exact) mass is 336 g/mol. The summed E-state index contributed by atoms with van der Waals surface area (Å²) >= 11 is 0. The lowest BCUT2D eigenvalue weighted by Crippen LogP contribution is -2.47. The maximum atomic E-state index is 4.54. The number of benzene rings is 1. The van der Waals surface area contributed by atoms with Crippen molar-refractivity contribution in [2.45, 2.75) is 26.3 Å². The molecular formula is C19H24N6. The predicted octanol–water partition coefficient (Wildman–Crippen LogP) is 2.57. The molecule has 0 saturated carbocycles. The van der Waals surface area contributed by atoms with Gasteiger partial charge in [-0.2, -0.15) is 14.6 Å². The SMILES string of the molecule is CCc1cc(N2CCN([C@@H](C)c3ccccc3)CC2)n2ncnc2n1. The molecule has 1 fully saturated rings. The van der Waals surface area contributed by atoms with E-state index < -0.39 is 0 Å². The maximum Gasteiger partial charge on any atom is 0.254 e. The molecule has 0 N–H and O–H groups in total. The van der Waals surface area contributed by atoms with Gasteiger partial charge in [0.2, 0.25) is 0 Å². The van der Waals surface area contributed by atoms with E-state index in [1.807, 2.05) is 4.52 Å². The van der Waals surface area contributed by atoms with E-state index in [-0.39, 0.29) is 0 Å². The predicted molar refractivity (Wildman–Crippen MR) is 98.8 cm³/mol. The number of nitrogens with zero attached hydrogens (tertiary/aromatic N) is 6. The first-order valence-corrected chi connectivity index (χ1v) is 9.00. The zero-order valence-corrected chi connectivity index (χ0v) is 14.8. The summed E-state index contributed by atoms with van der Waals surface area (Å²) in [6.07, 6.45) is 2.49. The molecule has 130 valence electrons. The third-order valence-corrected chi connectivity index (χ3v) is 5.12. The number of aryl methyl sites for hydroxylation is 1. The summed E-state index contributed by atoms with van der Waals surface area (Å²) in [7, 11) is 0. The topological polar surface area (TPSA) is 49.6 Å². The van der Waals surface area contributed by atoms with Crippen LogP contribution in [0.3, 0.4) is 0 Å². The van der Waals surface area contributed by atoms with Crippen molar-refractivity contribution in [1.29, 1.82) is 0 Å². The molecule has 3 aromatic rings. The van der Waals surface area contributed by atoms with E-state index in [1.165, 1.54) is 5.56 Å². The molecule has 0 unspecified atom stereocenters. The van der Waals surface area contributed by atoms with E-state index in [2.05, 4.69) is 75.1 Å². The Kier molecular flexibility index (Phi) is 4.36. The van der Waals surface area contributed by atoms with E-state index in [0.29, 0.717) is 11.8 Å². The van der Waals surface area contributed by atoms with Crippen molar-refractivity contribution in [3.8, 4) is 0 Å². The molecule has 6 nitrogen and oxygen atoms in total. The van der Waals surface area contributed by atoms with Gasteiger partial charge >= 0.3 is 0 Å². The number of hydrogen-bond donors (Lipinski definition) is 0. The van der Waals surface area contributed by atoms with Gasteiger partial charge in [-0.15, -0.1) is 0 Å². The van der Waals surface area contributed by atoms with Crippen LogP contribution in [0.2, 0.25) is 0 Å². The number of fused-ring (bicyclic) bond motifs is 1. The van der Waals surface area contributed by atoms with E-state index in [0.717, 1.165) is 44.1 Å². The lowest BCUT2D eigenvalue weighted by molar-refractivity contribution is 0.198. The molecule has 1 atom stereocenters. The van der Waals surface area contributed by atoms with Crippen LogP contribution in [0, 0.1) is 0 Å². The fraction of sp³-hybridized carbons (Fsp3) is 0.421. The summed E-state index contributed by atoms with van der Waals surface area (Å²) < 4.78 is 1.86. The first kappa shape index (κ1) is 16.0. The molecule has 25 heavy (non-hydrogen) atoms. The van der Waals surface area contributed by atoms with Crippen LogP contribution in [0.15, 0.2) is 42.7 Å². The van der Waals surface area contributed by atoms with Gasteiger partial charge in [-0.1, -0.05) is 37.3 Å². The molecule has 2 aromatic heterocycles. The number of rotatable bonds is 4. The quantitative estimate of drug-likeness (QED) is 0.733. The van der Waals surface area contributed by atoms with Gasteiger partial charge in [0, 0.05) is 44.0 Å². The Morgan fingerprint density at radius 2 is 1.84 bits per heavy atom. The highest BCUT2D eigenvalue weighted by atomic mass is 15.4. The zero-order valence-electron chi connectivity index (χ0n) is 14.8. The van der Waals surface area contributed by atoms with Crippen molar-refractivity contribution in [2.24, 2.45) is 0 Å². The highest BCUT2D eigenvalue weighted by Gasteiger charge is 2.24. The lowest BCUT2D eigenvalue weighted by Gasteiger charge is -2.39. The Hall–Kier alpha value is -2.47. The van der Waals surface area contributed by atoms with Crippen LogP contribution in [0.1, 0.15) is 31.1 Å². The highest BCUT2D eigenvalue weighted by Crippen LogP contribution is 2.24. The van der Waals surface area contributed by atoms with Crippen LogP contribution >= 0.6 is 0 Å². The molecule has 0 aliphatic carbocycles. The van der Waals surface area contributed by atoms with Crippen molar-refractivity contribution >= 4 is 11.6 Å². The van der Waals surface area contributed by atoms with Crippen molar-refractivity contribution in [3.63, 3.8) is 0 Å². The minimum absolute atomic E-state index is 0.443. The smallest absolute Gasteiger partial charge is 0.254 e. The van der Waals surface area contributed by atoms with Crippen LogP contribution in [0.5, 0.6) is 0 Å². The molecule has 4 rings (SSSR count). The normalized spacial score (nSPS) is 17.1. The van der Waals surface area contributed by atoms with Gasteiger partial charge < -0.3 is 4.90 Å². The van der Waals surface area contributed by atoms with Crippen molar-refractivity contribution in [1.82, 2.24) is 24.5 Å². The Balaban J connectivity index is 1.51. The Morgan fingerprint density at radius 1 is 1.08 bits per heavy atom. The van der Waals surface area contributed by atoms with E-state index in [1.54, 1.807) is 6.33 Å². The Bertz CT molecular complexity index is 836. The number of anilines is 1. The Labute approximate surface area is 148 Å². The molecule has 1 saturated heterocycles. The number of aromatic nitrogens is 4. The summed E-state index contributed by atoms with van der Waals surface area (Å²) in [5.41, 5.74) is 2.45. The van der Waals surface area contributed by atoms with Crippen molar-refractivity contribution < 1.29 is 0 Å². The maximum absolute atomic E-state index is 4.54. The van der Waals surface area contributed by atoms with Crippen LogP contribution in [-0.4, -0.2) is 50.7 Å². The molecule has 0 amide bonds. The Morgan fingerprint density at radius 3 is 2.56 bits per heavy atom. The van der Waals surface area contributed by atoms with Gasteiger partial charge in [0.25, 0.3) is 5.78 Å². The highest BCUT2D eigenvalue weighted by molar-refractivity contribution is 5.47. The molecule has 3 heterocycles. The van der Waals surface area contributed by atoms with Crippen LogP contribution in [-0.2, 0) is 6.42 Å². The first-order valence-electron chi connectivity index (χ1n) is 9.00. The summed E-state index contributed by atoms with van der Waals surface area (Å²) in [5.74, 6) is 1.79. The third kappa shape index (κ3) is 3.09. The first-order chi connectivity index (χ1) is 12.3. The molecular weight excluding hydrogens is 312 g/mol. The van der Waals surface area contributed by atoms with Gasteiger partial charge in [-0.3, -0.25) is 4.90 Å². The van der Waals surface area contributed by atoms with Gasteiger partial charge in [0.1, 0.15) is 12.1 Å². The van der Waals surface area contributed by atoms with E-state index in [4.69, 9.17) is 0 Å². The van der Waals surface area contributed by atoms with Gasteiger partial charge in [0.15, 0.2) is 0 Å². The standard InChI is InChI=1S/C19H24N6/c1-3-17-13-18(25-19(22-17)20-14-21-25)24-11-9-23(10-12-24)15(2)16-7-5-4-6-8-16/h4-8,13-15H,3,9-12H2,1-2H3/t15-/m0/s1. The summed E-state index contributed by atoms with van der Waals surface area (Å²) in [6.45, 7) is 8.46. The van der Waals surface area contributed by atoms with Crippen molar-refractivity contribution in [2.75, 3.05) is 31.1 Å². The second kappa shape index (κ2) is 6.80. The van der Waals surface area contributed by atoms with Gasteiger partial charge in [-0.05, 0) is 18.9 Å². The summed E-state index contributed by atoms with van der Waals surface area (Å²) in [5, 5.41) is 4.36. The second-order valence-electron chi connectivity index (χ2n) is 6.54. The average Bonchev–Trinajstić information content (AvgIpc) is 3.16. The molecule has 6 heteroatoms. The van der Waals surface area contributed by atoms with Crippen LogP contribution < -0.4 is 4.90 Å². The molecule has 0 radical (unpaired) electrons. The minimum Gasteiger partial charge on any atom is -0.354 e. The molecule has 1 aliphatic rings. The van der Waals surface area contributed by atoms with Gasteiger partial charge in [0.05, 0.1) is 0 Å². The summed E-state index contributed by atoms with van der Waals surface area (Å²) in [6, 6.07) is 13.3. The van der Waals surface area contributed by atoms with E-state index >= 15 is 0 Å². The number of hydrogen-bond acceptors (Lipinski definition) is 5. The van der Waals surface area contributed by atoms with Gasteiger partial charge in [-0.25, -0.2) is 4.98 Å². The minimum atomic E-state index is 0.443. The van der Waals surface area contributed by atoms with Crippen LogP contribution in [0.4, 0.5) is 5.82 Å². The van der Waals surface area contributed by atoms with Crippen LogP contribution in [0.25, 0.3) is 5.78 Å². The summed E-state index contributed by atoms with van der Waals surface area (Å²) in [4.78, 5) is 13.8. The van der Waals surface area contributed by atoms with E-state index in [9.17, 15) is 0 Å². The van der Waals surface area contributed by atoms with Crippen molar-refractivity contribution in [3.05, 3.63) is 54.0 Å². The average molecular weight is 336 g/mol. The fourth-order valence-electron chi connectivity index (χ4n) is 3.53. The largest absolute Gasteiger partial charge is 0.354 e. The molecule has 1 aromatic carbocycles.